The van der Waals surface area contributed by atoms with Gasteiger partial charge >= 0.3 is 0 Å². The molecule has 0 radical (unpaired) electrons. The van der Waals surface area contributed by atoms with Crippen molar-refractivity contribution >= 4 is 15.2 Å². The Morgan fingerprint density at radius 2 is 2.25 bits per heavy atom. The molecule has 0 N–H and O–H groups in total. The van der Waals surface area contributed by atoms with E-state index < -0.39 is 0 Å². The lowest BCUT2D eigenvalue weighted by molar-refractivity contribution is 0.569. The maximum absolute atomic E-state index is 8.97. The van der Waals surface area contributed by atoms with Crippen LogP contribution in [0.15, 0.2) is 5.82 Å². The van der Waals surface area contributed by atoms with Gasteiger partial charge in [-0.1, -0.05) is 0 Å². The highest BCUT2D eigenvalue weighted by Crippen LogP contribution is 1.68. The Bertz CT molecular complexity index is 44.0. The Morgan fingerprint density at radius 1 is 2.00 bits per heavy atom. The van der Waals surface area contributed by atoms with E-state index >= 15 is 0 Å². The fourth-order valence-corrected chi connectivity index (χ4v) is 0. The quantitative estimate of drug-likeness (QED) is 0.296. The maximum Gasteiger partial charge on any atom is 0.124 e. The average Bonchev–Trinajstić information content (AvgIpc) is 1.37. The van der Waals surface area contributed by atoms with Gasteiger partial charge in [-0.05, 0) is 0 Å². The van der Waals surface area contributed by atoms with E-state index in [2.05, 4.69) is 9.24 Å². The lowest BCUT2D eigenvalue weighted by Gasteiger charge is -1.32. The van der Waals surface area contributed by atoms with Gasteiger partial charge in [-0.15, -0.1) is 9.24 Å². The van der Waals surface area contributed by atoms with Crippen LogP contribution in [0, 0.1) is 0 Å². The first-order chi connectivity index (χ1) is 1.91. The largest absolute Gasteiger partial charge is 0.233 e. The van der Waals surface area contributed by atoms with Crippen LogP contribution in [-0.4, -0.2) is 5.94 Å². The summed E-state index contributed by atoms with van der Waals surface area (Å²) in [5.41, 5.74) is 0. The molecule has 0 fully saturated rings. The van der Waals surface area contributed by atoms with Crippen molar-refractivity contribution in [1.82, 2.24) is 0 Å². The molecule has 2 heteroatoms. The summed E-state index contributed by atoms with van der Waals surface area (Å²) in [7, 11) is 2.11. The molecular formula is C2H3OP. The van der Waals surface area contributed by atoms with Gasteiger partial charge < -0.3 is 0 Å². The third-order valence-electron chi connectivity index (χ3n) is 0.0680. The number of hydrogen-bond acceptors (Lipinski definition) is 1. The molecular weight excluding hydrogens is 71.0 g/mol. The third kappa shape index (κ3) is 1.88. The van der Waals surface area contributed by atoms with Crippen molar-refractivity contribution in [2.75, 3.05) is 0 Å². The highest BCUT2D eigenvalue weighted by Gasteiger charge is 1.31. The van der Waals surface area contributed by atoms with Gasteiger partial charge in [-0.3, -0.25) is 0 Å². The summed E-state index contributed by atoms with van der Waals surface area (Å²) in [6.07, 6.45) is 0. The van der Waals surface area contributed by atoms with E-state index in [0.29, 0.717) is 0 Å². The Hall–Kier alpha value is -0.120. The maximum atomic E-state index is 8.97. The predicted octanol–water partition coefficient (Wildman–Crippen LogP) is 0.207. The molecule has 22 valence electrons. The van der Waals surface area contributed by atoms with Crippen LogP contribution in [0.4, 0.5) is 0 Å². The summed E-state index contributed by atoms with van der Waals surface area (Å²) in [6, 6.07) is 0. The standard InChI is InChI=1S/C2H3OP/c3-1-2-4/h2H,4H2. The van der Waals surface area contributed by atoms with Gasteiger partial charge in [-0.2, -0.15) is 0 Å². The fraction of sp³-hybridized carbons (Fsp3) is 0. The normalized spacial score (nSPS) is 4.25. The first-order valence-corrected chi connectivity index (χ1v) is 1.49. The molecule has 0 aromatic heterocycles. The van der Waals surface area contributed by atoms with Crippen molar-refractivity contribution in [3.63, 3.8) is 0 Å². The van der Waals surface area contributed by atoms with Gasteiger partial charge in [0.2, 0.25) is 0 Å². The molecule has 0 aromatic carbocycles. The Labute approximate surface area is 26.9 Å². The van der Waals surface area contributed by atoms with Crippen LogP contribution in [0.2, 0.25) is 0 Å². The molecule has 0 aliphatic rings. The third-order valence-corrected chi connectivity index (χ3v) is 0.204. The lowest BCUT2D eigenvalue weighted by Crippen LogP contribution is -1.25. The Morgan fingerprint density at radius 3 is 2.25 bits per heavy atom. The molecule has 0 aliphatic heterocycles. The van der Waals surface area contributed by atoms with Crippen LogP contribution in [0.1, 0.15) is 0 Å². The highest BCUT2D eigenvalue weighted by atomic mass is 31.0. The first kappa shape index (κ1) is 3.88. The van der Waals surface area contributed by atoms with Gasteiger partial charge in [0.1, 0.15) is 5.94 Å². The van der Waals surface area contributed by atoms with E-state index in [-0.39, 0.29) is 0 Å². The zero-order chi connectivity index (χ0) is 3.41. The second kappa shape index (κ2) is 2.88. The van der Waals surface area contributed by atoms with Gasteiger partial charge in [0.05, 0.1) is 0 Å². The Kier molecular flexibility index (Phi) is 2.79. The van der Waals surface area contributed by atoms with Crippen molar-refractivity contribution in [2.24, 2.45) is 0 Å². The second-order valence-corrected chi connectivity index (χ2v) is 0.618. The topological polar surface area (TPSA) is 17.1 Å². The van der Waals surface area contributed by atoms with Gasteiger partial charge in [0.25, 0.3) is 0 Å². The molecule has 1 atom stereocenters. The van der Waals surface area contributed by atoms with Crippen molar-refractivity contribution in [1.29, 1.82) is 0 Å². The van der Waals surface area contributed by atoms with E-state index in [9.17, 15) is 0 Å². The predicted molar refractivity (Wildman–Crippen MR) is 20.0 cm³/mol. The number of hydrogen-bond donors (Lipinski definition) is 0. The molecule has 0 bridgehead atoms. The molecule has 0 heterocycles. The zero-order valence-corrected chi connectivity index (χ0v) is 3.22. The van der Waals surface area contributed by atoms with Crippen LogP contribution < -0.4 is 0 Å². The molecule has 0 rings (SSSR count). The second-order valence-electron chi connectivity index (χ2n) is 0.285. The summed E-state index contributed by atoms with van der Waals surface area (Å²) >= 11 is 0. The lowest BCUT2D eigenvalue weighted by atomic mass is 11.2. The van der Waals surface area contributed by atoms with Crippen LogP contribution >= 0.6 is 9.24 Å². The minimum atomic E-state index is 1.24. The van der Waals surface area contributed by atoms with Crippen molar-refractivity contribution in [3.05, 3.63) is 5.82 Å². The van der Waals surface area contributed by atoms with Crippen LogP contribution in [-0.2, 0) is 4.79 Å². The van der Waals surface area contributed by atoms with Gasteiger partial charge in [-0.25, -0.2) is 4.79 Å². The molecule has 0 amide bonds. The number of rotatable bonds is 0. The average molecular weight is 74.0 g/mol. The molecule has 0 aliphatic carbocycles. The molecule has 1 unspecified atom stereocenters. The van der Waals surface area contributed by atoms with Gasteiger partial charge in [0, 0.05) is 5.82 Å². The van der Waals surface area contributed by atoms with Crippen LogP contribution in [0.3, 0.4) is 0 Å². The fourth-order valence-electron chi connectivity index (χ4n) is 0. The van der Waals surface area contributed by atoms with E-state index in [1.807, 2.05) is 0 Å². The van der Waals surface area contributed by atoms with E-state index in [0.717, 1.165) is 0 Å². The molecule has 0 saturated heterocycles. The number of carbonyl (C=O) groups excluding carboxylic acids is 1. The van der Waals surface area contributed by atoms with Gasteiger partial charge in [0.15, 0.2) is 0 Å². The molecule has 0 aromatic rings. The summed E-state index contributed by atoms with van der Waals surface area (Å²) in [5.74, 6) is 2.75. The van der Waals surface area contributed by atoms with Crippen LogP contribution in [0.25, 0.3) is 0 Å². The monoisotopic (exact) mass is 74.0 g/mol. The molecule has 4 heavy (non-hydrogen) atoms. The van der Waals surface area contributed by atoms with Crippen molar-refractivity contribution < 1.29 is 4.79 Å². The minimum absolute atomic E-state index is 1.24. The summed E-state index contributed by atoms with van der Waals surface area (Å²) in [4.78, 5) is 8.97. The smallest absolute Gasteiger partial charge is 0.124 e. The van der Waals surface area contributed by atoms with Crippen molar-refractivity contribution in [3.8, 4) is 0 Å². The summed E-state index contributed by atoms with van der Waals surface area (Å²) < 4.78 is 0. The first-order valence-electron chi connectivity index (χ1n) is 0.826. The minimum Gasteiger partial charge on any atom is -0.233 e. The highest BCUT2D eigenvalue weighted by molar-refractivity contribution is 7.21. The summed E-state index contributed by atoms with van der Waals surface area (Å²) in [6.45, 7) is 0. The van der Waals surface area contributed by atoms with E-state index in [1.165, 1.54) is 11.8 Å². The van der Waals surface area contributed by atoms with E-state index in [4.69, 9.17) is 4.79 Å². The van der Waals surface area contributed by atoms with E-state index in [1.54, 1.807) is 0 Å². The van der Waals surface area contributed by atoms with Crippen molar-refractivity contribution in [2.45, 2.75) is 0 Å². The Balaban J connectivity index is 3.11. The molecule has 0 spiro atoms. The zero-order valence-electron chi connectivity index (χ0n) is 2.06. The molecule has 0 saturated carbocycles. The van der Waals surface area contributed by atoms with Crippen LogP contribution in [0.5, 0.6) is 0 Å². The summed E-state index contributed by atoms with van der Waals surface area (Å²) in [5, 5.41) is 0. The molecule has 1 nitrogen and oxygen atoms in total. The SMILES string of the molecule is O=C=CP.